The number of piperidine rings is 1. The van der Waals surface area contributed by atoms with Gasteiger partial charge in [-0.1, -0.05) is 42.6 Å². The van der Waals surface area contributed by atoms with Gasteiger partial charge in [0, 0.05) is 22.8 Å². The number of carbonyl (C=O) groups excluding carboxylic acids is 1. The van der Waals surface area contributed by atoms with Crippen molar-refractivity contribution in [3.63, 3.8) is 0 Å². The number of rotatable bonds is 1. The van der Waals surface area contributed by atoms with Crippen molar-refractivity contribution in [2.45, 2.75) is 82.1 Å². The molecule has 0 spiro atoms. The number of nitrogens with zero attached hydrogens (tertiary/aromatic N) is 1. The van der Waals surface area contributed by atoms with E-state index in [1.165, 1.54) is 32.1 Å². The molecule has 3 atom stereocenters. The van der Waals surface area contributed by atoms with Crippen LogP contribution in [0, 0.1) is 11.3 Å². The Hall–Kier alpha value is -0.0500. The largest absolute Gasteiger partial charge is 0.336 e. The van der Waals surface area contributed by atoms with Crippen LogP contribution in [0.1, 0.15) is 65.2 Å². The Morgan fingerprint density at radius 1 is 1.11 bits per heavy atom. The highest BCUT2D eigenvalue weighted by molar-refractivity contribution is 9.09. The predicted octanol–water partition coefficient (Wildman–Crippen LogP) is 4.12. The Labute approximate surface area is 125 Å². The molecule has 2 heterocycles. The fourth-order valence-electron chi connectivity index (χ4n) is 4.60. The van der Waals surface area contributed by atoms with E-state index >= 15 is 0 Å². The molecule has 2 nitrogen and oxygen atoms in total. The Balaban J connectivity index is 1.77. The highest BCUT2D eigenvalue weighted by Gasteiger charge is 2.47. The van der Waals surface area contributed by atoms with Gasteiger partial charge in [0.25, 0.3) is 0 Å². The summed E-state index contributed by atoms with van der Waals surface area (Å²) in [5, 5.41) is 0. The van der Waals surface area contributed by atoms with Crippen molar-refractivity contribution in [2.24, 2.45) is 11.3 Å². The number of fused-ring (bicyclic) bond motifs is 2. The van der Waals surface area contributed by atoms with Crippen LogP contribution in [0.5, 0.6) is 0 Å². The van der Waals surface area contributed by atoms with Gasteiger partial charge in [0.2, 0.25) is 5.91 Å². The number of alkyl halides is 1. The van der Waals surface area contributed by atoms with Crippen molar-refractivity contribution < 1.29 is 4.79 Å². The first-order valence-corrected chi connectivity index (χ1v) is 8.87. The van der Waals surface area contributed by atoms with Crippen LogP contribution in [0.4, 0.5) is 0 Å². The molecule has 0 radical (unpaired) electrons. The molecule has 19 heavy (non-hydrogen) atoms. The van der Waals surface area contributed by atoms with E-state index in [1.807, 2.05) is 0 Å². The van der Waals surface area contributed by atoms with E-state index in [0.717, 1.165) is 19.3 Å². The molecule has 0 aromatic carbocycles. The molecule has 2 aliphatic heterocycles. The summed E-state index contributed by atoms with van der Waals surface area (Å²) in [5.41, 5.74) is 0.208. The summed E-state index contributed by atoms with van der Waals surface area (Å²) in [6.45, 7) is 4.60. The molecule has 1 saturated carbocycles. The van der Waals surface area contributed by atoms with E-state index in [4.69, 9.17) is 0 Å². The zero-order valence-corrected chi connectivity index (χ0v) is 13.8. The van der Waals surface area contributed by atoms with E-state index in [1.54, 1.807) is 0 Å². The van der Waals surface area contributed by atoms with Crippen molar-refractivity contribution in [3.8, 4) is 0 Å². The summed E-state index contributed by atoms with van der Waals surface area (Å²) in [6.07, 6.45) is 9.65. The second-order valence-corrected chi connectivity index (χ2v) is 8.78. The Morgan fingerprint density at radius 3 is 2.32 bits per heavy atom. The zero-order chi connectivity index (χ0) is 13.6. The summed E-state index contributed by atoms with van der Waals surface area (Å²) in [5.74, 6) is 0.757. The first-order valence-electron chi connectivity index (χ1n) is 7.95. The average molecular weight is 328 g/mol. The number of hydrogen-bond donors (Lipinski definition) is 0. The summed E-state index contributed by atoms with van der Waals surface area (Å²) in [7, 11) is 0. The van der Waals surface area contributed by atoms with E-state index < -0.39 is 0 Å². The fraction of sp³-hybridized carbons (Fsp3) is 0.938. The normalized spacial score (nSPS) is 41.3. The predicted molar refractivity (Wildman–Crippen MR) is 81.3 cm³/mol. The van der Waals surface area contributed by atoms with Crippen LogP contribution in [0.3, 0.4) is 0 Å². The van der Waals surface area contributed by atoms with Crippen molar-refractivity contribution in [1.82, 2.24) is 4.90 Å². The molecule has 3 fully saturated rings. The average Bonchev–Trinajstić information content (AvgIpc) is 2.60. The quantitative estimate of drug-likeness (QED) is 0.663. The van der Waals surface area contributed by atoms with Gasteiger partial charge in [0.15, 0.2) is 0 Å². The van der Waals surface area contributed by atoms with E-state index in [0.29, 0.717) is 22.8 Å². The standard InChI is InChI=1S/C16H26BrNO/c1-16(2)8-4-3-5-14(16)15(19)18-12-6-7-13(18)10-11(17)9-12/h11-14H,3-10H2,1-2H3. The highest BCUT2D eigenvalue weighted by Crippen LogP contribution is 2.45. The minimum atomic E-state index is 0.208. The summed E-state index contributed by atoms with van der Waals surface area (Å²) >= 11 is 3.77. The number of carbonyl (C=O) groups is 1. The Morgan fingerprint density at radius 2 is 1.74 bits per heavy atom. The van der Waals surface area contributed by atoms with Crippen LogP contribution >= 0.6 is 15.9 Å². The SMILES string of the molecule is CC1(C)CCCCC1C(=O)N1C2CCC1CC(Br)C2. The third-order valence-electron chi connectivity index (χ3n) is 5.74. The van der Waals surface area contributed by atoms with Crippen LogP contribution < -0.4 is 0 Å². The molecule has 1 amide bonds. The summed E-state index contributed by atoms with van der Waals surface area (Å²) in [4.78, 5) is 16.0. The number of amides is 1. The molecule has 0 aromatic rings. The van der Waals surface area contributed by atoms with Crippen molar-refractivity contribution >= 4 is 21.8 Å². The minimum absolute atomic E-state index is 0.208. The topological polar surface area (TPSA) is 20.3 Å². The van der Waals surface area contributed by atoms with Gasteiger partial charge in [-0.15, -0.1) is 0 Å². The zero-order valence-electron chi connectivity index (χ0n) is 12.2. The molecular formula is C16H26BrNO. The molecule has 108 valence electrons. The molecule has 3 rings (SSSR count). The van der Waals surface area contributed by atoms with Crippen LogP contribution in [0.2, 0.25) is 0 Å². The van der Waals surface area contributed by atoms with Crippen LogP contribution in [-0.2, 0) is 4.79 Å². The van der Waals surface area contributed by atoms with Gasteiger partial charge in [0.05, 0.1) is 0 Å². The molecule has 3 aliphatic rings. The Bertz CT molecular complexity index is 354. The molecule has 2 saturated heterocycles. The number of hydrogen-bond acceptors (Lipinski definition) is 1. The smallest absolute Gasteiger partial charge is 0.226 e. The van der Waals surface area contributed by atoms with E-state index in [2.05, 4.69) is 34.7 Å². The fourth-order valence-corrected chi connectivity index (χ4v) is 5.47. The highest BCUT2D eigenvalue weighted by atomic mass is 79.9. The van der Waals surface area contributed by atoms with Gasteiger partial charge < -0.3 is 4.90 Å². The van der Waals surface area contributed by atoms with Gasteiger partial charge in [-0.05, 0) is 43.9 Å². The number of halogens is 1. The van der Waals surface area contributed by atoms with E-state index in [9.17, 15) is 4.79 Å². The van der Waals surface area contributed by atoms with Crippen LogP contribution in [0.15, 0.2) is 0 Å². The molecule has 2 bridgehead atoms. The van der Waals surface area contributed by atoms with Gasteiger partial charge in [0.1, 0.15) is 0 Å². The lowest BCUT2D eigenvalue weighted by molar-refractivity contribution is -0.145. The third-order valence-corrected chi connectivity index (χ3v) is 6.48. The lowest BCUT2D eigenvalue weighted by Gasteiger charge is -2.44. The molecule has 1 aliphatic carbocycles. The van der Waals surface area contributed by atoms with Gasteiger partial charge in [-0.25, -0.2) is 0 Å². The summed E-state index contributed by atoms with van der Waals surface area (Å²) < 4.78 is 0. The molecule has 3 unspecified atom stereocenters. The van der Waals surface area contributed by atoms with E-state index in [-0.39, 0.29) is 11.3 Å². The van der Waals surface area contributed by atoms with Gasteiger partial charge >= 0.3 is 0 Å². The monoisotopic (exact) mass is 327 g/mol. The minimum Gasteiger partial charge on any atom is -0.336 e. The Kier molecular flexibility index (Phi) is 3.70. The lowest BCUT2D eigenvalue weighted by atomic mass is 9.68. The maximum atomic E-state index is 13.0. The molecule has 0 N–H and O–H groups in total. The summed E-state index contributed by atoms with van der Waals surface area (Å²) in [6, 6.07) is 1.04. The second-order valence-electron chi connectivity index (χ2n) is 7.49. The molecule has 3 heteroatoms. The maximum absolute atomic E-state index is 13.0. The van der Waals surface area contributed by atoms with Crippen molar-refractivity contribution in [3.05, 3.63) is 0 Å². The molecule has 0 aromatic heterocycles. The van der Waals surface area contributed by atoms with Crippen LogP contribution in [0.25, 0.3) is 0 Å². The first kappa shape index (κ1) is 13.9. The lowest BCUT2D eigenvalue weighted by Crippen LogP contribution is -2.52. The van der Waals surface area contributed by atoms with Crippen molar-refractivity contribution in [1.29, 1.82) is 0 Å². The maximum Gasteiger partial charge on any atom is 0.226 e. The van der Waals surface area contributed by atoms with Crippen molar-refractivity contribution in [2.75, 3.05) is 0 Å². The molecular weight excluding hydrogens is 302 g/mol. The van der Waals surface area contributed by atoms with Crippen LogP contribution in [-0.4, -0.2) is 27.7 Å². The van der Waals surface area contributed by atoms with Gasteiger partial charge in [-0.3, -0.25) is 4.79 Å². The first-order chi connectivity index (χ1) is 8.99. The van der Waals surface area contributed by atoms with Gasteiger partial charge in [-0.2, -0.15) is 0 Å². The second kappa shape index (κ2) is 5.05. The third kappa shape index (κ3) is 2.48.